The highest BCUT2D eigenvalue weighted by Crippen LogP contribution is 2.47. The van der Waals surface area contributed by atoms with Crippen LogP contribution in [-0.4, -0.2) is 25.7 Å². The Kier molecular flexibility index (Phi) is 2.40. The van der Waals surface area contributed by atoms with E-state index in [0.717, 1.165) is 6.54 Å². The molecule has 3 rings (SSSR count). The fourth-order valence-corrected chi connectivity index (χ4v) is 2.66. The summed E-state index contributed by atoms with van der Waals surface area (Å²) in [7, 11) is 0. The zero-order valence-corrected chi connectivity index (χ0v) is 9.95. The average molecular weight is 216 g/mol. The third-order valence-electron chi connectivity index (χ3n) is 3.92. The second-order valence-electron chi connectivity index (χ2n) is 5.50. The van der Waals surface area contributed by atoms with E-state index in [2.05, 4.69) is 47.5 Å². The van der Waals surface area contributed by atoms with E-state index in [1.165, 1.54) is 31.6 Å². The molecule has 2 fully saturated rings. The van der Waals surface area contributed by atoms with Crippen LogP contribution in [0.3, 0.4) is 0 Å². The van der Waals surface area contributed by atoms with Crippen LogP contribution in [0.2, 0.25) is 0 Å². The molecule has 86 valence electrons. The quantitative estimate of drug-likeness (QED) is 0.774. The van der Waals surface area contributed by atoms with Gasteiger partial charge in [-0.05, 0) is 31.9 Å². The first-order chi connectivity index (χ1) is 7.77. The third-order valence-corrected chi connectivity index (χ3v) is 3.92. The molecule has 2 nitrogen and oxygen atoms in total. The maximum Gasteiger partial charge on any atom is 0.0366 e. The van der Waals surface area contributed by atoms with Crippen molar-refractivity contribution in [2.24, 2.45) is 5.41 Å². The van der Waals surface area contributed by atoms with Crippen LogP contribution in [0.4, 0.5) is 5.69 Å². The molecule has 1 aromatic carbocycles. The lowest BCUT2D eigenvalue weighted by Crippen LogP contribution is -2.35. The molecule has 0 bridgehead atoms. The molecule has 1 saturated heterocycles. The van der Waals surface area contributed by atoms with Crippen molar-refractivity contribution in [2.45, 2.75) is 25.8 Å². The highest BCUT2D eigenvalue weighted by Gasteiger charge is 2.45. The molecule has 0 aromatic heterocycles. The fourth-order valence-electron chi connectivity index (χ4n) is 2.66. The van der Waals surface area contributed by atoms with Gasteiger partial charge in [0.05, 0.1) is 0 Å². The van der Waals surface area contributed by atoms with Crippen molar-refractivity contribution in [3.05, 3.63) is 30.3 Å². The molecule has 0 amide bonds. The van der Waals surface area contributed by atoms with Crippen molar-refractivity contribution in [1.82, 2.24) is 5.32 Å². The van der Waals surface area contributed by atoms with Gasteiger partial charge in [0, 0.05) is 36.8 Å². The molecule has 1 spiro atoms. The number of rotatable bonds is 1. The van der Waals surface area contributed by atoms with Crippen LogP contribution in [0.25, 0.3) is 0 Å². The van der Waals surface area contributed by atoms with Crippen LogP contribution in [-0.2, 0) is 0 Å². The summed E-state index contributed by atoms with van der Waals surface area (Å²) in [5, 5.41) is 3.66. The summed E-state index contributed by atoms with van der Waals surface area (Å²) in [5.74, 6) is 0. The Morgan fingerprint density at radius 1 is 1.25 bits per heavy atom. The van der Waals surface area contributed by atoms with Crippen molar-refractivity contribution in [3.8, 4) is 0 Å². The minimum absolute atomic E-state index is 0.584. The summed E-state index contributed by atoms with van der Waals surface area (Å²) in [6.07, 6.45) is 2.80. The van der Waals surface area contributed by atoms with Crippen molar-refractivity contribution in [1.29, 1.82) is 0 Å². The molecule has 0 radical (unpaired) electrons. The molecule has 1 unspecified atom stereocenters. The zero-order valence-electron chi connectivity index (χ0n) is 9.95. The molecular weight excluding hydrogens is 196 g/mol. The number of hydrogen-bond acceptors (Lipinski definition) is 2. The van der Waals surface area contributed by atoms with Crippen molar-refractivity contribution in [2.75, 3.05) is 24.5 Å². The van der Waals surface area contributed by atoms with Gasteiger partial charge >= 0.3 is 0 Å². The second kappa shape index (κ2) is 3.77. The average Bonchev–Trinajstić information content (AvgIpc) is 3.09. The lowest BCUT2D eigenvalue weighted by atomic mass is 10.1. The highest BCUT2D eigenvalue weighted by molar-refractivity contribution is 5.47. The van der Waals surface area contributed by atoms with Gasteiger partial charge in [0.2, 0.25) is 0 Å². The summed E-state index contributed by atoms with van der Waals surface area (Å²) in [4.78, 5) is 2.55. The first-order valence-corrected chi connectivity index (χ1v) is 6.31. The van der Waals surface area contributed by atoms with E-state index in [1.54, 1.807) is 0 Å². The maximum absolute atomic E-state index is 3.66. The van der Waals surface area contributed by atoms with E-state index in [1.807, 2.05) is 0 Å². The van der Waals surface area contributed by atoms with E-state index in [0.29, 0.717) is 11.5 Å². The molecule has 1 saturated carbocycles. The Labute approximate surface area is 97.6 Å². The van der Waals surface area contributed by atoms with Gasteiger partial charge in [-0.1, -0.05) is 18.2 Å². The van der Waals surface area contributed by atoms with E-state index in [9.17, 15) is 0 Å². The van der Waals surface area contributed by atoms with Gasteiger partial charge in [-0.3, -0.25) is 0 Å². The second-order valence-corrected chi connectivity index (χ2v) is 5.50. The number of anilines is 1. The first-order valence-electron chi connectivity index (χ1n) is 6.31. The van der Waals surface area contributed by atoms with Crippen molar-refractivity contribution >= 4 is 5.69 Å². The SMILES string of the molecule is CC1CN(c2ccccc2)CC2(CC2)CN1. The summed E-state index contributed by atoms with van der Waals surface area (Å²) < 4.78 is 0. The van der Waals surface area contributed by atoms with Crippen molar-refractivity contribution in [3.63, 3.8) is 0 Å². The smallest absolute Gasteiger partial charge is 0.0366 e. The Balaban J connectivity index is 1.82. The van der Waals surface area contributed by atoms with Crippen LogP contribution in [0.5, 0.6) is 0 Å². The van der Waals surface area contributed by atoms with E-state index in [-0.39, 0.29) is 0 Å². The topological polar surface area (TPSA) is 15.3 Å². The molecular formula is C14H20N2. The van der Waals surface area contributed by atoms with Gasteiger partial charge in [0.15, 0.2) is 0 Å². The minimum atomic E-state index is 0.584. The monoisotopic (exact) mass is 216 g/mol. The molecule has 1 N–H and O–H groups in total. The van der Waals surface area contributed by atoms with Crippen LogP contribution >= 0.6 is 0 Å². The predicted molar refractivity (Wildman–Crippen MR) is 67.8 cm³/mol. The molecule has 2 aliphatic rings. The fraction of sp³-hybridized carbons (Fsp3) is 0.571. The van der Waals surface area contributed by atoms with Gasteiger partial charge < -0.3 is 10.2 Å². The lowest BCUT2D eigenvalue weighted by molar-refractivity contribution is 0.479. The number of benzene rings is 1. The molecule has 16 heavy (non-hydrogen) atoms. The molecule has 1 aliphatic carbocycles. The summed E-state index contributed by atoms with van der Waals surface area (Å²) in [5.41, 5.74) is 1.96. The summed E-state index contributed by atoms with van der Waals surface area (Å²) in [6.45, 7) is 5.86. The van der Waals surface area contributed by atoms with Gasteiger partial charge in [-0.15, -0.1) is 0 Å². The predicted octanol–water partition coefficient (Wildman–Crippen LogP) is 2.26. The Morgan fingerprint density at radius 3 is 2.69 bits per heavy atom. The van der Waals surface area contributed by atoms with Crippen LogP contribution < -0.4 is 10.2 Å². The summed E-state index contributed by atoms with van der Waals surface area (Å²) >= 11 is 0. The minimum Gasteiger partial charge on any atom is -0.369 e. The van der Waals surface area contributed by atoms with Crippen LogP contribution in [0, 0.1) is 5.41 Å². The lowest BCUT2D eigenvalue weighted by Gasteiger charge is -2.27. The zero-order chi connectivity index (χ0) is 11.0. The number of para-hydroxylation sites is 1. The van der Waals surface area contributed by atoms with E-state index in [4.69, 9.17) is 0 Å². The Hall–Kier alpha value is -1.02. The van der Waals surface area contributed by atoms with Gasteiger partial charge in [-0.2, -0.15) is 0 Å². The molecule has 1 aliphatic heterocycles. The Morgan fingerprint density at radius 2 is 2.00 bits per heavy atom. The molecule has 2 heteroatoms. The Bertz CT molecular complexity index is 356. The van der Waals surface area contributed by atoms with Gasteiger partial charge in [0.25, 0.3) is 0 Å². The summed E-state index contributed by atoms with van der Waals surface area (Å²) in [6, 6.07) is 11.4. The third kappa shape index (κ3) is 1.94. The first kappa shape index (κ1) is 10.2. The van der Waals surface area contributed by atoms with E-state index >= 15 is 0 Å². The normalized spacial score (nSPS) is 27.8. The largest absolute Gasteiger partial charge is 0.369 e. The van der Waals surface area contributed by atoms with Gasteiger partial charge in [-0.25, -0.2) is 0 Å². The standard InChI is InChI=1S/C14H20N2/c1-12-9-16(13-5-3-2-4-6-13)11-14(7-8-14)10-15-12/h2-6,12,15H,7-11H2,1H3. The van der Waals surface area contributed by atoms with Crippen molar-refractivity contribution < 1.29 is 0 Å². The van der Waals surface area contributed by atoms with E-state index < -0.39 is 0 Å². The number of hydrogen-bond donors (Lipinski definition) is 1. The number of nitrogens with one attached hydrogen (secondary N) is 1. The molecule has 1 atom stereocenters. The van der Waals surface area contributed by atoms with Crippen LogP contribution in [0.1, 0.15) is 19.8 Å². The molecule has 1 aromatic rings. The number of nitrogens with zero attached hydrogens (tertiary/aromatic N) is 1. The maximum atomic E-state index is 3.66. The highest BCUT2D eigenvalue weighted by atomic mass is 15.2. The molecule has 1 heterocycles. The van der Waals surface area contributed by atoms with Crippen LogP contribution in [0.15, 0.2) is 30.3 Å². The van der Waals surface area contributed by atoms with Gasteiger partial charge in [0.1, 0.15) is 0 Å².